The molecule has 4 aromatic heterocycles. The highest BCUT2D eigenvalue weighted by atomic mass is 31.2. The molecule has 2 fully saturated rings. The Labute approximate surface area is 254 Å². The molecule has 24 nitrogen and oxygen atoms in total. The van der Waals surface area contributed by atoms with Gasteiger partial charge in [-0.1, -0.05) is 0 Å². The normalized spacial score (nSPS) is 28.5. The van der Waals surface area contributed by atoms with Crippen LogP contribution in [0.1, 0.15) is 12.5 Å². The summed E-state index contributed by atoms with van der Waals surface area (Å²) in [5.74, 6) is 0.142. The van der Waals surface area contributed by atoms with Gasteiger partial charge in [-0.2, -0.15) is 0 Å². The molecule has 0 aromatic carbocycles. The number of rotatable bonds is 8. The minimum Gasteiger partial charge on any atom is -0.387 e. The van der Waals surface area contributed by atoms with Gasteiger partial charge in [-0.3, -0.25) is 23.0 Å². The number of phosphoric ester groups is 2. The number of hydrogen-bond donors (Lipinski definition) is 10. The Hall–Kier alpha value is -3.32. The topological polar surface area (TPSA) is 366 Å². The van der Waals surface area contributed by atoms with Crippen LogP contribution >= 0.6 is 15.6 Å². The summed E-state index contributed by atoms with van der Waals surface area (Å²) in [5.41, 5.74) is 5.91. The van der Waals surface area contributed by atoms with Gasteiger partial charge >= 0.3 is 15.6 Å². The van der Waals surface area contributed by atoms with Crippen molar-refractivity contribution < 1.29 is 67.7 Å². The van der Waals surface area contributed by atoms with Crippen LogP contribution in [0.4, 0.5) is 5.82 Å². The lowest BCUT2D eigenvalue weighted by atomic mass is 10.1. The Morgan fingerprint density at radius 1 is 0.761 bits per heavy atom. The average Bonchev–Trinajstić information content (AvgIpc) is 3.73. The molecule has 0 saturated carbocycles. The monoisotopic (exact) mass is 695 g/mol. The molecule has 2 aliphatic rings. The van der Waals surface area contributed by atoms with Crippen LogP contribution in [0, 0.1) is 0 Å². The van der Waals surface area contributed by atoms with Gasteiger partial charge in [0, 0.05) is 0 Å². The second kappa shape index (κ2) is 13.1. The van der Waals surface area contributed by atoms with Gasteiger partial charge in [-0.15, -0.1) is 0 Å². The number of hydrogen-bond acceptors (Lipinski definition) is 17. The first-order valence-electron chi connectivity index (χ1n) is 12.8. The van der Waals surface area contributed by atoms with Crippen molar-refractivity contribution >= 4 is 43.8 Å². The number of fused-ring (bicyclic) bond motifs is 2. The maximum absolute atomic E-state index is 11.6. The van der Waals surface area contributed by atoms with E-state index in [4.69, 9.17) is 34.8 Å². The molecule has 252 valence electrons. The summed E-state index contributed by atoms with van der Waals surface area (Å²) in [5, 5.41) is 40.1. The Bertz CT molecular complexity index is 1840. The van der Waals surface area contributed by atoms with Gasteiger partial charge in [0.15, 0.2) is 35.1 Å². The lowest BCUT2D eigenvalue weighted by molar-refractivity contribution is -0.0504. The van der Waals surface area contributed by atoms with Crippen molar-refractivity contribution in [2.75, 3.05) is 18.9 Å². The predicted octanol–water partition coefficient (Wildman–Crippen LogP) is -4.01. The van der Waals surface area contributed by atoms with E-state index in [1.165, 1.54) is 28.1 Å². The Balaban J connectivity index is 0.000000181. The molecule has 2 aliphatic heterocycles. The van der Waals surface area contributed by atoms with E-state index in [0.717, 1.165) is 6.33 Å². The smallest absolute Gasteiger partial charge is 0.387 e. The molecule has 46 heavy (non-hydrogen) atoms. The van der Waals surface area contributed by atoms with Gasteiger partial charge in [0.1, 0.15) is 48.5 Å². The van der Waals surface area contributed by atoms with Crippen LogP contribution in [-0.2, 0) is 27.7 Å². The quantitative estimate of drug-likeness (QED) is 0.0784. The highest BCUT2D eigenvalue weighted by molar-refractivity contribution is 7.46. The number of aliphatic hydroxyl groups is 4. The van der Waals surface area contributed by atoms with Crippen LogP contribution < -0.4 is 11.3 Å². The third-order valence-corrected chi connectivity index (χ3v) is 7.76. The molecule has 6 heterocycles. The number of nitrogens with two attached hydrogens (primary N) is 1. The standard InChI is InChI=1S/C10H14N5O7P.C10H13N4O8P/c11-8-5-9(13-2-12-8)15(3-14-5)10-7(17)6(16)4(22-10)1-21-23(18,19)20;15-6-4(1-21-23(18,19)20)22-10(7(6)16)14-3-13-5-8(14)11-2-12-9(5)17/h2-4,6-7,10,16-17H,1H2,(H2,11,12,13)(H2,18,19,20);2-4,6-7,10,15-16H,1H2,(H,11,12,17)(H2,18,19,20)/t2*4-,6-,7-,10-/m11/s1. The molecule has 0 aliphatic carbocycles. The lowest BCUT2D eigenvalue weighted by Crippen LogP contribution is -2.33. The predicted molar refractivity (Wildman–Crippen MR) is 146 cm³/mol. The third-order valence-electron chi connectivity index (χ3n) is 6.79. The molecule has 0 spiro atoms. The molecule has 0 amide bonds. The summed E-state index contributed by atoms with van der Waals surface area (Å²) in [6.07, 6.45) is -5.34. The highest BCUT2D eigenvalue weighted by Crippen LogP contribution is 2.40. The van der Waals surface area contributed by atoms with Gasteiger partial charge < -0.3 is 60.2 Å². The summed E-state index contributed by atoms with van der Waals surface area (Å²) in [4.78, 5) is 68.3. The largest absolute Gasteiger partial charge is 0.469 e. The summed E-state index contributed by atoms with van der Waals surface area (Å²) < 4.78 is 43.4. The highest BCUT2D eigenvalue weighted by Gasteiger charge is 2.46. The molecule has 8 atom stereocenters. The third kappa shape index (κ3) is 7.15. The summed E-state index contributed by atoms with van der Waals surface area (Å²) in [7, 11) is -9.46. The van der Waals surface area contributed by atoms with E-state index < -0.39 is 83.5 Å². The first-order valence-corrected chi connectivity index (χ1v) is 15.9. The zero-order valence-corrected chi connectivity index (χ0v) is 24.7. The average molecular weight is 695 g/mol. The molecule has 6 rings (SSSR count). The Morgan fingerprint density at radius 2 is 1.24 bits per heavy atom. The maximum atomic E-state index is 11.6. The summed E-state index contributed by atoms with van der Waals surface area (Å²) >= 11 is 0. The molecule has 0 radical (unpaired) electrons. The van der Waals surface area contributed by atoms with E-state index in [2.05, 4.69) is 39.0 Å². The summed E-state index contributed by atoms with van der Waals surface area (Å²) in [6.45, 7) is -1.22. The van der Waals surface area contributed by atoms with E-state index in [1.807, 2.05) is 0 Å². The van der Waals surface area contributed by atoms with Crippen molar-refractivity contribution in [2.24, 2.45) is 0 Å². The molecular weight excluding hydrogens is 668 g/mol. The van der Waals surface area contributed by atoms with Crippen LogP contribution in [-0.4, -0.2) is 129 Å². The Kier molecular flexibility index (Phi) is 9.66. The van der Waals surface area contributed by atoms with Crippen molar-refractivity contribution in [1.29, 1.82) is 0 Å². The van der Waals surface area contributed by atoms with E-state index >= 15 is 0 Å². The van der Waals surface area contributed by atoms with Crippen LogP contribution in [0.5, 0.6) is 0 Å². The van der Waals surface area contributed by atoms with Crippen molar-refractivity contribution in [1.82, 2.24) is 39.0 Å². The number of nitrogen functional groups attached to an aromatic ring is 1. The molecule has 2 saturated heterocycles. The SMILES string of the molecule is Nc1ncnc2c1ncn2[C@@H]1O[C@H](COP(=O)(O)O)[C@@H](O)[C@H]1O.O=c1[nH]cnc2c1ncn2[C@@H]1O[C@H](COP(=O)(O)O)[C@@H](O)[C@H]1O. The molecular formula is C20H27N9O15P2. The van der Waals surface area contributed by atoms with Crippen molar-refractivity contribution in [3.63, 3.8) is 0 Å². The number of H-pyrrole nitrogens is 1. The van der Waals surface area contributed by atoms with Crippen LogP contribution in [0.15, 0.2) is 30.1 Å². The number of imidazole rings is 2. The lowest BCUT2D eigenvalue weighted by Gasteiger charge is -2.16. The minimum atomic E-state index is -4.74. The maximum Gasteiger partial charge on any atom is 0.469 e. The van der Waals surface area contributed by atoms with E-state index in [0.29, 0.717) is 5.52 Å². The zero-order chi connectivity index (χ0) is 33.6. The van der Waals surface area contributed by atoms with Crippen molar-refractivity contribution in [2.45, 2.75) is 49.1 Å². The van der Waals surface area contributed by atoms with E-state index in [9.17, 15) is 34.4 Å². The second-order valence-electron chi connectivity index (χ2n) is 9.80. The Morgan fingerprint density at radius 3 is 1.74 bits per heavy atom. The van der Waals surface area contributed by atoms with E-state index in [-0.39, 0.29) is 22.6 Å². The number of nitrogens with one attached hydrogen (secondary N) is 1. The molecule has 11 N–H and O–H groups in total. The van der Waals surface area contributed by atoms with E-state index in [1.54, 1.807) is 0 Å². The fourth-order valence-electron chi connectivity index (χ4n) is 4.64. The first-order chi connectivity index (χ1) is 21.6. The van der Waals surface area contributed by atoms with Gasteiger partial charge in [0.05, 0.1) is 32.2 Å². The molecule has 4 aromatic rings. The number of aromatic amines is 1. The number of phosphoric acid groups is 2. The number of nitrogens with zero attached hydrogens (tertiary/aromatic N) is 7. The van der Waals surface area contributed by atoms with Gasteiger partial charge in [0.25, 0.3) is 5.56 Å². The zero-order valence-electron chi connectivity index (χ0n) is 22.9. The number of ether oxygens (including phenoxy) is 2. The summed E-state index contributed by atoms with van der Waals surface area (Å²) in [6, 6.07) is 0. The fraction of sp³-hybridized carbons (Fsp3) is 0.500. The van der Waals surface area contributed by atoms with Crippen LogP contribution in [0.3, 0.4) is 0 Å². The molecule has 0 unspecified atom stereocenters. The van der Waals surface area contributed by atoms with Gasteiger partial charge in [0.2, 0.25) is 0 Å². The van der Waals surface area contributed by atoms with Gasteiger partial charge in [-0.05, 0) is 0 Å². The van der Waals surface area contributed by atoms with Gasteiger partial charge in [-0.25, -0.2) is 34.0 Å². The van der Waals surface area contributed by atoms with Crippen molar-refractivity contribution in [3.05, 3.63) is 35.7 Å². The van der Waals surface area contributed by atoms with Crippen LogP contribution in [0.2, 0.25) is 0 Å². The minimum absolute atomic E-state index is 0.0210. The number of anilines is 1. The second-order valence-corrected chi connectivity index (χ2v) is 12.3. The number of aliphatic hydroxyl groups excluding tert-OH is 4. The number of aromatic nitrogens is 8. The molecule has 0 bridgehead atoms. The fourth-order valence-corrected chi connectivity index (χ4v) is 5.32. The first kappa shape index (κ1) is 34.0. The molecule has 26 heteroatoms. The van der Waals surface area contributed by atoms with Crippen LogP contribution in [0.25, 0.3) is 22.3 Å². The van der Waals surface area contributed by atoms with Crippen molar-refractivity contribution in [3.8, 4) is 0 Å².